The first kappa shape index (κ1) is 14.9. The molecule has 0 radical (unpaired) electrons. The Labute approximate surface area is 133 Å². The number of aromatic nitrogens is 2. The van der Waals surface area contributed by atoms with Crippen molar-refractivity contribution in [2.75, 3.05) is 17.6 Å². The largest absolute Gasteiger partial charge is 0.368 e. The Kier molecular flexibility index (Phi) is 4.35. The quantitative estimate of drug-likeness (QED) is 0.751. The molecule has 22 heavy (non-hydrogen) atoms. The number of hydrogen-bond donors (Lipinski definition) is 1. The van der Waals surface area contributed by atoms with Gasteiger partial charge >= 0.3 is 0 Å². The normalized spacial score (nSPS) is 11.6. The summed E-state index contributed by atoms with van der Waals surface area (Å²) >= 11 is 1.53. The Morgan fingerprint density at radius 2 is 1.91 bits per heavy atom. The molecule has 114 valence electrons. The van der Waals surface area contributed by atoms with E-state index in [1.807, 2.05) is 41.8 Å². The summed E-state index contributed by atoms with van der Waals surface area (Å²) in [6, 6.07) is 11.1. The summed E-state index contributed by atoms with van der Waals surface area (Å²) in [7, 11) is -3.15. The average Bonchev–Trinajstić information content (AvgIpc) is 2.97. The van der Waals surface area contributed by atoms with E-state index in [0.717, 1.165) is 15.8 Å². The minimum atomic E-state index is -3.15. The SMILES string of the molecule is O=S(=O)(CCNc1ncnc2sccc12)Cc1ccccc1. The Bertz CT molecular complexity index is 861. The van der Waals surface area contributed by atoms with Crippen LogP contribution in [-0.4, -0.2) is 30.7 Å². The molecule has 2 heterocycles. The molecule has 3 aromatic rings. The van der Waals surface area contributed by atoms with Gasteiger partial charge < -0.3 is 5.32 Å². The van der Waals surface area contributed by atoms with Crippen molar-refractivity contribution >= 4 is 37.2 Å². The maximum Gasteiger partial charge on any atom is 0.156 e. The van der Waals surface area contributed by atoms with Gasteiger partial charge in [-0.05, 0) is 17.0 Å². The van der Waals surface area contributed by atoms with E-state index >= 15 is 0 Å². The smallest absolute Gasteiger partial charge is 0.156 e. The molecule has 0 spiro atoms. The van der Waals surface area contributed by atoms with Crippen molar-refractivity contribution in [1.82, 2.24) is 9.97 Å². The van der Waals surface area contributed by atoms with E-state index in [9.17, 15) is 8.42 Å². The second-order valence-electron chi connectivity index (χ2n) is 4.87. The second kappa shape index (κ2) is 6.41. The van der Waals surface area contributed by atoms with Crippen LogP contribution in [0.25, 0.3) is 10.2 Å². The molecule has 1 N–H and O–H groups in total. The first-order valence-corrected chi connectivity index (χ1v) is 9.50. The summed E-state index contributed by atoms with van der Waals surface area (Å²) in [6.07, 6.45) is 1.49. The van der Waals surface area contributed by atoms with Gasteiger partial charge in [0, 0.05) is 6.54 Å². The number of anilines is 1. The predicted molar refractivity (Wildman–Crippen MR) is 89.8 cm³/mol. The number of thiophene rings is 1. The molecule has 1 aromatic carbocycles. The van der Waals surface area contributed by atoms with E-state index in [1.54, 1.807) is 0 Å². The van der Waals surface area contributed by atoms with Crippen LogP contribution in [0, 0.1) is 0 Å². The van der Waals surface area contributed by atoms with Gasteiger partial charge in [0.1, 0.15) is 17.0 Å². The van der Waals surface area contributed by atoms with Crippen molar-refractivity contribution in [1.29, 1.82) is 0 Å². The lowest BCUT2D eigenvalue weighted by molar-refractivity contribution is 0.595. The maximum absolute atomic E-state index is 12.1. The fourth-order valence-electron chi connectivity index (χ4n) is 2.16. The van der Waals surface area contributed by atoms with Crippen LogP contribution >= 0.6 is 11.3 Å². The lowest BCUT2D eigenvalue weighted by Crippen LogP contribution is -2.17. The minimum Gasteiger partial charge on any atom is -0.368 e. The van der Waals surface area contributed by atoms with Crippen molar-refractivity contribution < 1.29 is 8.42 Å². The van der Waals surface area contributed by atoms with Crippen LogP contribution in [0.4, 0.5) is 5.82 Å². The topological polar surface area (TPSA) is 72.0 Å². The highest BCUT2D eigenvalue weighted by atomic mass is 32.2. The van der Waals surface area contributed by atoms with Crippen molar-refractivity contribution in [2.45, 2.75) is 5.75 Å². The highest BCUT2D eigenvalue weighted by Gasteiger charge is 2.12. The molecule has 2 aromatic heterocycles. The first-order chi connectivity index (χ1) is 10.6. The van der Waals surface area contributed by atoms with E-state index < -0.39 is 9.84 Å². The summed E-state index contributed by atoms with van der Waals surface area (Å²) in [5.41, 5.74) is 0.810. The predicted octanol–water partition coefficient (Wildman–Crippen LogP) is 2.72. The minimum absolute atomic E-state index is 0.0627. The molecule has 0 aliphatic carbocycles. The van der Waals surface area contributed by atoms with E-state index in [1.165, 1.54) is 17.7 Å². The van der Waals surface area contributed by atoms with Gasteiger partial charge in [-0.2, -0.15) is 0 Å². The van der Waals surface area contributed by atoms with Crippen LogP contribution in [0.3, 0.4) is 0 Å². The van der Waals surface area contributed by atoms with E-state index in [2.05, 4.69) is 15.3 Å². The zero-order chi connectivity index (χ0) is 15.4. The summed E-state index contributed by atoms with van der Waals surface area (Å²) in [6.45, 7) is 0.330. The molecule has 0 fully saturated rings. The monoisotopic (exact) mass is 333 g/mol. The van der Waals surface area contributed by atoms with Crippen LogP contribution in [0.5, 0.6) is 0 Å². The van der Waals surface area contributed by atoms with Gasteiger partial charge in [0.15, 0.2) is 9.84 Å². The third-order valence-electron chi connectivity index (χ3n) is 3.20. The van der Waals surface area contributed by atoms with Crippen LogP contribution in [0.1, 0.15) is 5.56 Å². The molecule has 0 saturated heterocycles. The second-order valence-corrected chi connectivity index (χ2v) is 7.94. The van der Waals surface area contributed by atoms with Crippen molar-refractivity contribution in [2.24, 2.45) is 0 Å². The van der Waals surface area contributed by atoms with Gasteiger partial charge in [-0.25, -0.2) is 18.4 Å². The molecule has 0 aliphatic rings. The number of rotatable bonds is 6. The van der Waals surface area contributed by atoms with Crippen LogP contribution in [0.15, 0.2) is 48.1 Å². The number of benzene rings is 1. The zero-order valence-electron chi connectivity index (χ0n) is 11.8. The molecular weight excluding hydrogens is 318 g/mol. The standard InChI is InChI=1S/C15H15N3O2S2/c19-22(20,10-12-4-2-1-3-5-12)9-7-16-14-13-6-8-21-15(13)18-11-17-14/h1-6,8,11H,7,9-10H2,(H,16,17,18). The van der Waals surface area contributed by atoms with Gasteiger partial charge in [-0.3, -0.25) is 0 Å². The van der Waals surface area contributed by atoms with Gasteiger partial charge in [0.05, 0.1) is 16.9 Å². The number of sulfone groups is 1. The Hall–Kier alpha value is -1.99. The number of hydrogen-bond acceptors (Lipinski definition) is 6. The molecule has 0 amide bonds. The lowest BCUT2D eigenvalue weighted by Gasteiger charge is -2.07. The van der Waals surface area contributed by atoms with E-state index in [-0.39, 0.29) is 11.5 Å². The van der Waals surface area contributed by atoms with Crippen LogP contribution in [0.2, 0.25) is 0 Å². The summed E-state index contributed by atoms with van der Waals surface area (Å²) < 4.78 is 24.3. The molecule has 0 atom stereocenters. The number of nitrogens with zero attached hydrogens (tertiary/aromatic N) is 2. The number of fused-ring (bicyclic) bond motifs is 1. The van der Waals surface area contributed by atoms with E-state index in [0.29, 0.717) is 12.4 Å². The summed E-state index contributed by atoms with van der Waals surface area (Å²) in [4.78, 5) is 9.23. The Morgan fingerprint density at radius 3 is 2.73 bits per heavy atom. The molecule has 0 unspecified atom stereocenters. The molecule has 0 bridgehead atoms. The zero-order valence-corrected chi connectivity index (χ0v) is 13.4. The van der Waals surface area contributed by atoms with Gasteiger partial charge in [-0.1, -0.05) is 30.3 Å². The molecule has 3 rings (SSSR count). The van der Waals surface area contributed by atoms with Crippen LogP contribution in [-0.2, 0) is 15.6 Å². The average molecular weight is 333 g/mol. The van der Waals surface area contributed by atoms with Gasteiger partial charge in [-0.15, -0.1) is 11.3 Å². The van der Waals surface area contributed by atoms with Crippen LogP contribution < -0.4 is 5.32 Å². The van der Waals surface area contributed by atoms with Gasteiger partial charge in [0.2, 0.25) is 0 Å². The van der Waals surface area contributed by atoms with Crippen molar-refractivity contribution in [3.8, 4) is 0 Å². The van der Waals surface area contributed by atoms with Crippen molar-refractivity contribution in [3.05, 3.63) is 53.7 Å². The fourth-order valence-corrected chi connectivity index (χ4v) is 4.15. The Morgan fingerprint density at radius 1 is 1.09 bits per heavy atom. The highest BCUT2D eigenvalue weighted by Crippen LogP contribution is 2.23. The number of nitrogens with one attached hydrogen (secondary N) is 1. The van der Waals surface area contributed by atoms with Crippen molar-refractivity contribution in [3.63, 3.8) is 0 Å². The van der Waals surface area contributed by atoms with Gasteiger partial charge in [0.25, 0.3) is 0 Å². The molecule has 0 aliphatic heterocycles. The molecular formula is C15H15N3O2S2. The summed E-state index contributed by atoms with van der Waals surface area (Å²) in [5, 5.41) is 5.96. The molecule has 5 nitrogen and oxygen atoms in total. The summed E-state index contributed by atoms with van der Waals surface area (Å²) in [5.74, 6) is 0.811. The maximum atomic E-state index is 12.1. The highest BCUT2D eigenvalue weighted by molar-refractivity contribution is 7.90. The Balaban J connectivity index is 1.62. The third kappa shape index (κ3) is 3.61. The molecule has 7 heteroatoms. The molecule has 0 saturated carbocycles. The lowest BCUT2D eigenvalue weighted by atomic mass is 10.2. The van der Waals surface area contributed by atoms with E-state index in [4.69, 9.17) is 0 Å². The third-order valence-corrected chi connectivity index (χ3v) is 5.62. The fraction of sp³-hybridized carbons (Fsp3) is 0.200. The first-order valence-electron chi connectivity index (χ1n) is 6.80.